The second-order valence-corrected chi connectivity index (χ2v) is 8.61. The van der Waals surface area contributed by atoms with Crippen molar-refractivity contribution >= 4 is 17.9 Å². The molecule has 0 spiro atoms. The number of aldehydes is 1. The zero-order valence-electron chi connectivity index (χ0n) is 20.2. The maximum Gasteiger partial charge on any atom is 0.185 e. The quantitative estimate of drug-likeness (QED) is 0.253. The van der Waals surface area contributed by atoms with Crippen molar-refractivity contribution in [3.8, 4) is 22.5 Å². The molecule has 0 saturated heterocycles. The van der Waals surface area contributed by atoms with Gasteiger partial charge in [0.05, 0.1) is 0 Å². The van der Waals surface area contributed by atoms with Gasteiger partial charge in [-0.25, -0.2) is 4.98 Å². The van der Waals surface area contributed by atoms with E-state index in [9.17, 15) is 4.79 Å². The number of hydrogen-bond donors (Lipinski definition) is 0. The standard InChI is InChI=1S/C26H29ClN6O2/c1-4-6-11-24-28-25(27)23(17-34)32(24)16-19-12-14-20(15-13-19)21-9-7-8-10-22(21)26-29-30-31-33(26)18(3)35-5-2/h7-10,12-15,17-18H,4-6,11,16H2,1-3H3. The molecule has 182 valence electrons. The fraction of sp³-hybridized carbons (Fsp3) is 0.346. The van der Waals surface area contributed by atoms with Crippen LogP contribution in [0.1, 0.15) is 61.7 Å². The molecule has 1 unspecified atom stereocenters. The Morgan fingerprint density at radius 3 is 2.51 bits per heavy atom. The van der Waals surface area contributed by atoms with E-state index in [1.54, 1.807) is 4.68 Å². The summed E-state index contributed by atoms with van der Waals surface area (Å²) < 4.78 is 9.31. The molecule has 8 nitrogen and oxygen atoms in total. The number of carbonyl (C=O) groups excluding carboxylic acids is 1. The third-order valence-electron chi connectivity index (χ3n) is 5.93. The van der Waals surface area contributed by atoms with Crippen LogP contribution in [0.4, 0.5) is 0 Å². The predicted molar refractivity (Wildman–Crippen MR) is 135 cm³/mol. The van der Waals surface area contributed by atoms with E-state index in [2.05, 4.69) is 57.8 Å². The number of aryl methyl sites for hydroxylation is 1. The highest BCUT2D eigenvalue weighted by Crippen LogP contribution is 2.32. The van der Waals surface area contributed by atoms with E-state index in [0.29, 0.717) is 24.7 Å². The SMILES string of the molecule is CCCCc1nc(Cl)c(C=O)n1Cc1ccc(-c2ccccc2-c2nnnn2C(C)OCC)cc1. The monoisotopic (exact) mass is 492 g/mol. The Labute approximate surface area is 209 Å². The van der Waals surface area contributed by atoms with E-state index >= 15 is 0 Å². The number of tetrazole rings is 1. The van der Waals surface area contributed by atoms with Crippen molar-refractivity contribution in [2.24, 2.45) is 0 Å². The lowest BCUT2D eigenvalue weighted by molar-refractivity contribution is 0.0159. The van der Waals surface area contributed by atoms with Crippen LogP contribution in [0.15, 0.2) is 48.5 Å². The molecular weight excluding hydrogens is 464 g/mol. The molecule has 1 atom stereocenters. The normalized spacial score (nSPS) is 12.1. The summed E-state index contributed by atoms with van der Waals surface area (Å²) >= 11 is 6.23. The Morgan fingerprint density at radius 2 is 1.83 bits per heavy atom. The fourth-order valence-electron chi connectivity index (χ4n) is 4.13. The number of rotatable bonds is 11. The van der Waals surface area contributed by atoms with Gasteiger partial charge in [-0.2, -0.15) is 4.68 Å². The Hall–Kier alpha value is -3.36. The molecule has 4 rings (SSSR count). The second kappa shape index (κ2) is 11.4. The zero-order chi connectivity index (χ0) is 24.8. The molecule has 35 heavy (non-hydrogen) atoms. The number of aromatic nitrogens is 6. The van der Waals surface area contributed by atoms with E-state index < -0.39 is 0 Å². The number of carbonyl (C=O) groups is 1. The molecule has 0 aliphatic rings. The van der Waals surface area contributed by atoms with Crippen LogP contribution in [-0.4, -0.2) is 42.7 Å². The van der Waals surface area contributed by atoms with Gasteiger partial charge >= 0.3 is 0 Å². The summed E-state index contributed by atoms with van der Waals surface area (Å²) in [6, 6.07) is 16.3. The Balaban J connectivity index is 1.64. The van der Waals surface area contributed by atoms with Gasteiger partial charge in [0.15, 0.2) is 23.5 Å². The molecule has 2 heterocycles. The lowest BCUT2D eigenvalue weighted by Crippen LogP contribution is -2.12. The largest absolute Gasteiger partial charge is 0.357 e. The molecule has 4 aromatic rings. The third-order valence-corrected chi connectivity index (χ3v) is 6.20. The van der Waals surface area contributed by atoms with Crippen LogP contribution >= 0.6 is 11.6 Å². The predicted octanol–water partition coefficient (Wildman–Crippen LogP) is 5.62. The maximum atomic E-state index is 11.7. The molecule has 0 saturated carbocycles. The number of halogens is 1. The molecule has 0 radical (unpaired) electrons. The minimum Gasteiger partial charge on any atom is -0.357 e. The van der Waals surface area contributed by atoms with Crippen molar-refractivity contribution in [2.45, 2.75) is 52.8 Å². The van der Waals surface area contributed by atoms with Crippen LogP contribution in [0.25, 0.3) is 22.5 Å². The Kier molecular flexibility index (Phi) is 8.05. The number of imidazole rings is 1. The van der Waals surface area contributed by atoms with Gasteiger partial charge in [0.25, 0.3) is 0 Å². The van der Waals surface area contributed by atoms with Gasteiger partial charge in [0, 0.05) is 25.1 Å². The van der Waals surface area contributed by atoms with Gasteiger partial charge in [-0.15, -0.1) is 5.10 Å². The van der Waals surface area contributed by atoms with Crippen LogP contribution in [0.2, 0.25) is 5.15 Å². The topological polar surface area (TPSA) is 87.7 Å². The first kappa shape index (κ1) is 24.8. The van der Waals surface area contributed by atoms with Crippen molar-refractivity contribution in [2.75, 3.05) is 6.61 Å². The molecular formula is C26H29ClN6O2. The summed E-state index contributed by atoms with van der Waals surface area (Å²) in [5, 5.41) is 12.5. The fourth-order valence-corrected chi connectivity index (χ4v) is 4.37. The number of ether oxygens (including phenoxy) is 1. The average Bonchev–Trinajstić information content (AvgIpc) is 3.48. The molecule has 0 aliphatic heterocycles. The van der Waals surface area contributed by atoms with Crippen molar-refractivity contribution in [3.05, 3.63) is 70.8 Å². The highest BCUT2D eigenvalue weighted by atomic mass is 35.5. The van der Waals surface area contributed by atoms with E-state index in [1.165, 1.54) is 0 Å². The molecule has 9 heteroatoms. The number of benzene rings is 2. The second-order valence-electron chi connectivity index (χ2n) is 8.26. The lowest BCUT2D eigenvalue weighted by atomic mass is 9.98. The first-order chi connectivity index (χ1) is 17.1. The van der Waals surface area contributed by atoms with E-state index in [-0.39, 0.29) is 11.4 Å². The molecule has 2 aromatic carbocycles. The first-order valence-electron chi connectivity index (χ1n) is 11.9. The number of hydrogen-bond acceptors (Lipinski definition) is 6. The minimum absolute atomic E-state index is 0.260. The third kappa shape index (κ3) is 5.33. The minimum atomic E-state index is -0.281. The van der Waals surface area contributed by atoms with Gasteiger partial charge in [-0.1, -0.05) is 73.5 Å². The van der Waals surface area contributed by atoms with Gasteiger partial charge < -0.3 is 9.30 Å². The Bertz CT molecular complexity index is 1280. The molecule has 0 fully saturated rings. The first-order valence-corrected chi connectivity index (χ1v) is 12.2. The van der Waals surface area contributed by atoms with Crippen LogP contribution in [0.3, 0.4) is 0 Å². The summed E-state index contributed by atoms with van der Waals surface area (Å²) in [5.41, 5.74) is 4.44. The number of unbranched alkanes of at least 4 members (excludes halogenated alkanes) is 1. The average molecular weight is 493 g/mol. The van der Waals surface area contributed by atoms with Gasteiger partial charge in [0.2, 0.25) is 0 Å². The van der Waals surface area contributed by atoms with Crippen molar-refractivity contribution in [1.82, 2.24) is 29.8 Å². The molecule has 0 N–H and O–H groups in total. The molecule has 0 amide bonds. The van der Waals surface area contributed by atoms with Crippen molar-refractivity contribution < 1.29 is 9.53 Å². The lowest BCUT2D eigenvalue weighted by Gasteiger charge is -2.15. The summed E-state index contributed by atoms with van der Waals surface area (Å²) in [6.45, 7) is 7.09. The van der Waals surface area contributed by atoms with Crippen LogP contribution < -0.4 is 0 Å². The van der Waals surface area contributed by atoms with E-state index in [4.69, 9.17) is 16.3 Å². The highest BCUT2D eigenvalue weighted by Gasteiger charge is 2.19. The number of nitrogens with zero attached hydrogens (tertiary/aromatic N) is 6. The van der Waals surface area contributed by atoms with Gasteiger partial charge in [-0.3, -0.25) is 4.79 Å². The molecule has 0 aliphatic carbocycles. The smallest absolute Gasteiger partial charge is 0.185 e. The van der Waals surface area contributed by atoms with Gasteiger partial charge in [-0.05, 0) is 47.4 Å². The summed E-state index contributed by atoms with van der Waals surface area (Å²) in [6.07, 6.45) is 3.31. The highest BCUT2D eigenvalue weighted by molar-refractivity contribution is 6.31. The van der Waals surface area contributed by atoms with Crippen LogP contribution in [-0.2, 0) is 17.7 Å². The zero-order valence-corrected chi connectivity index (χ0v) is 20.9. The van der Waals surface area contributed by atoms with E-state index in [0.717, 1.165) is 53.6 Å². The Morgan fingerprint density at radius 1 is 1.09 bits per heavy atom. The summed E-state index contributed by atoms with van der Waals surface area (Å²) in [5.74, 6) is 1.48. The van der Waals surface area contributed by atoms with Crippen molar-refractivity contribution in [1.29, 1.82) is 0 Å². The summed E-state index contributed by atoms with van der Waals surface area (Å²) in [4.78, 5) is 16.1. The van der Waals surface area contributed by atoms with Crippen molar-refractivity contribution in [3.63, 3.8) is 0 Å². The van der Waals surface area contributed by atoms with Crippen LogP contribution in [0.5, 0.6) is 0 Å². The molecule has 2 aromatic heterocycles. The maximum absolute atomic E-state index is 11.7. The molecule has 0 bridgehead atoms. The van der Waals surface area contributed by atoms with Crippen LogP contribution in [0, 0.1) is 0 Å². The summed E-state index contributed by atoms with van der Waals surface area (Å²) in [7, 11) is 0. The van der Waals surface area contributed by atoms with E-state index in [1.807, 2.05) is 36.6 Å². The van der Waals surface area contributed by atoms with Gasteiger partial charge in [0.1, 0.15) is 11.5 Å².